The van der Waals surface area contributed by atoms with Crippen LogP contribution in [0.3, 0.4) is 0 Å². The van der Waals surface area contributed by atoms with Crippen LogP contribution in [0, 0.1) is 5.82 Å². The summed E-state index contributed by atoms with van der Waals surface area (Å²) in [6.45, 7) is 0.0909. The molecule has 0 saturated carbocycles. The lowest BCUT2D eigenvalue weighted by Gasteiger charge is -2.18. The molecule has 0 saturated heterocycles. The van der Waals surface area contributed by atoms with Crippen molar-refractivity contribution in [1.82, 2.24) is 9.80 Å². The molecule has 0 radical (unpaired) electrons. The summed E-state index contributed by atoms with van der Waals surface area (Å²) in [4.78, 5) is 26.2. The number of nitrogens with two attached hydrogens (primary N) is 1. The third-order valence-corrected chi connectivity index (χ3v) is 2.58. The average Bonchev–Trinajstić information content (AvgIpc) is 2.33. The Balaban J connectivity index is 2.55. The van der Waals surface area contributed by atoms with Gasteiger partial charge >= 0.3 is 0 Å². The Kier molecular flexibility index (Phi) is 5.45. The van der Waals surface area contributed by atoms with E-state index >= 15 is 0 Å². The summed E-state index contributed by atoms with van der Waals surface area (Å²) >= 11 is 0. The van der Waals surface area contributed by atoms with Crippen LogP contribution in [-0.4, -0.2) is 55.8 Å². The first-order valence-electron chi connectivity index (χ1n) is 6.03. The van der Waals surface area contributed by atoms with Crippen LogP contribution in [0.15, 0.2) is 18.2 Å². The molecule has 0 aliphatic rings. The van der Waals surface area contributed by atoms with Gasteiger partial charge in [-0.1, -0.05) is 0 Å². The molecule has 0 spiro atoms. The van der Waals surface area contributed by atoms with E-state index in [9.17, 15) is 14.0 Å². The lowest BCUT2D eigenvalue weighted by atomic mass is 10.2. The number of nitrogen functional groups attached to an aromatic ring is 1. The van der Waals surface area contributed by atoms with Gasteiger partial charge in [-0.05, 0) is 25.2 Å². The Morgan fingerprint density at radius 1 is 1.25 bits per heavy atom. The second-order valence-corrected chi connectivity index (χ2v) is 4.75. The molecular weight excluding hydrogens is 263 g/mol. The largest absolute Gasteiger partial charge is 0.399 e. The van der Waals surface area contributed by atoms with Gasteiger partial charge in [0.2, 0.25) is 11.8 Å². The fourth-order valence-electron chi connectivity index (χ4n) is 1.50. The van der Waals surface area contributed by atoms with E-state index in [1.165, 1.54) is 23.1 Å². The monoisotopic (exact) mass is 282 g/mol. The molecular formula is C13H19FN4O2. The lowest BCUT2D eigenvalue weighted by Crippen LogP contribution is -2.38. The lowest BCUT2D eigenvalue weighted by molar-refractivity contribution is -0.130. The summed E-state index contributed by atoms with van der Waals surface area (Å²) in [5, 5.41) is 2.42. The number of likely N-dealkylation sites (N-methyl/N-ethyl adjacent to an activating group) is 2. The molecule has 0 bridgehead atoms. The predicted octanol–water partition coefficient (Wildman–Crippen LogP) is 0.366. The first-order valence-corrected chi connectivity index (χ1v) is 6.03. The molecule has 7 heteroatoms. The van der Waals surface area contributed by atoms with Gasteiger partial charge in [-0.2, -0.15) is 0 Å². The molecule has 0 aromatic heterocycles. The standard InChI is InChI=1S/C13H19FN4O2/c1-17(2)13(20)8-18(3)7-12(19)16-11-6-9(15)4-5-10(11)14/h4-6H,7-8,15H2,1-3H3,(H,16,19). The zero-order valence-electron chi connectivity index (χ0n) is 11.8. The minimum atomic E-state index is -0.556. The van der Waals surface area contributed by atoms with Crippen molar-refractivity contribution in [2.24, 2.45) is 0 Å². The van der Waals surface area contributed by atoms with Gasteiger partial charge in [-0.3, -0.25) is 14.5 Å². The predicted molar refractivity (Wildman–Crippen MR) is 75.6 cm³/mol. The van der Waals surface area contributed by atoms with Gasteiger partial charge in [0.15, 0.2) is 0 Å². The first kappa shape index (κ1) is 15.9. The van der Waals surface area contributed by atoms with Crippen LogP contribution < -0.4 is 11.1 Å². The summed E-state index contributed by atoms with van der Waals surface area (Å²) in [5.41, 5.74) is 5.91. The van der Waals surface area contributed by atoms with Crippen LogP contribution in [0.4, 0.5) is 15.8 Å². The smallest absolute Gasteiger partial charge is 0.238 e. The van der Waals surface area contributed by atoms with Gasteiger partial charge in [-0.25, -0.2) is 4.39 Å². The van der Waals surface area contributed by atoms with E-state index in [-0.39, 0.29) is 24.7 Å². The van der Waals surface area contributed by atoms with Gasteiger partial charge in [0, 0.05) is 19.8 Å². The van der Waals surface area contributed by atoms with Crippen LogP contribution in [-0.2, 0) is 9.59 Å². The molecule has 20 heavy (non-hydrogen) atoms. The van der Waals surface area contributed by atoms with Crippen molar-refractivity contribution in [3.05, 3.63) is 24.0 Å². The molecule has 0 fully saturated rings. The number of halogens is 1. The molecule has 1 aromatic carbocycles. The molecule has 3 N–H and O–H groups in total. The maximum absolute atomic E-state index is 13.4. The van der Waals surface area contributed by atoms with E-state index in [4.69, 9.17) is 5.73 Å². The van der Waals surface area contributed by atoms with Crippen molar-refractivity contribution in [2.45, 2.75) is 0 Å². The minimum Gasteiger partial charge on any atom is -0.399 e. The fraction of sp³-hybridized carbons (Fsp3) is 0.385. The van der Waals surface area contributed by atoms with Crippen LogP contribution in [0.5, 0.6) is 0 Å². The number of carbonyl (C=O) groups excluding carboxylic acids is 2. The first-order chi connectivity index (χ1) is 9.29. The highest BCUT2D eigenvalue weighted by Crippen LogP contribution is 2.17. The number of benzene rings is 1. The molecule has 110 valence electrons. The Labute approximate surface area is 117 Å². The SMILES string of the molecule is CN(CC(=O)Nc1cc(N)ccc1F)CC(=O)N(C)C. The number of nitrogens with zero attached hydrogens (tertiary/aromatic N) is 2. The molecule has 0 aliphatic carbocycles. The Hall–Kier alpha value is -2.15. The van der Waals surface area contributed by atoms with Crippen LogP contribution >= 0.6 is 0 Å². The minimum absolute atomic E-state index is 0.0200. The number of anilines is 2. The maximum Gasteiger partial charge on any atom is 0.238 e. The Bertz CT molecular complexity index is 505. The highest BCUT2D eigenvalue weighted by Gasteiger charge is 2.13. The normalized spacial score (nSPS) is 10.4. The van der Waals surface area contributed by atoms with Crippen LogP contribution in [0.25, 0.3) is 0 Å². The zero-order valence-corrected chi connectivity index (χ0v) is 11.8. The molecule has 6 nitrogen and oxygen atoms in total. The quantitative estimate of drug-likeness (QED) is 0.765. The summed E-state index contributed by atoms with van der Waals surface area (Å²) < 4.78 is 13.4. The van der Waals surface area contributed by atoms with Crippen molar-refractivity contribution in [3.8, 4) is 0 Å². The van der Waals surface area contributed by atoms with E-state index < -0.39 is 11.7 Å². The third-order valence-electron chi connectivity index (χ3n) is 2.58. The number of carbonyl (C=O) groups is 2. The maximum atomic E-state index is 13.4. The number of hydrogen-bond donors (Lipinski definition) is 2. The molecule has 0 aliphatic heterocycles. The van der Waals surface area contributed by atoms with Gasteiger partial charge in [-0.15, -0.1) is 0 Å². The van der Waals surface area contributed by atoms with Gasteiger partial charge in [0.1, 0.15) is 5.82 Å². The van der Waals surface area contributed by atoms with Crippen LogP contribution in [0.2, 0.25) is 0 Å². The molecule has 0 atom stereocenters. The van der Waals surface area contributed by atoms with Gasteiger partial charge in [0.05, 0.1) is 18.8 Å². The van der Waals surface area contributed by atoms with E-state index in [0.29, 0.717) is 5.69 Å². The number of amides is 2. The molecule has 1 aromatic rings. The molecule has 1 rings (SSSR count). The fourth-order valence-corrected chi connectivity index (χ4v) is 1.50. The average molecular weight is 282 g/mol. The number of hydrogen-bond acceptors (Lipinski definition) is 4. The zero-order chi connectivity index (χ0) is 15.3. The highest BCUT2D eigenvalue weighted by molar-refractivity contribution is 5.93. The third kappa shape index (κ3) is 4.85. The molecule has 0 unspecified atom stereocenters. The Morgan fingerprint density at radius 2 is 1.90 bits per heavy atom. The molecule has 0 heterocycles. The van der Waals surface area contributed by atoms with Crippen LogP contribution in [0.1, 0.15) is 0 Å². The Morgan fingerprint density at radius 3 is 2.50 bits per heavy atom. The van der Waals surface area contributed by atoms with Gasteiger partial charge < -0.3 is 16.0 Å². The summed E-state index contributed by atoms with van der Waals surface area (Å²) in [6.07, 6.45) is 0. The second-order valence-electron chi connectivity index (χ2n) is 4.75. The number of nitrogens with one attached hydrogen (secondary N) is 1. The van der Waals surface area contributed by atoms with Gasteiger partial charge in [0.25, 0.3) is 0 Å². The van der Waals surface area contributed by atoms with Crippen molar-refractivity contribution in [2.75, 3.05) is 45.3 Å². The van der Waals surface area contributed by atoms with E-state index in [1.807, 2.05) is 0 Å². The van der Waals surface area contributed by atoms with Crippen molar-refractivity contribution >= 4 is 23.2 Å². The van der Waals surface area contributed by atoms with Crippen molar-refractivity contribution in [1.29, 1.82) is 0 Å². The van der Waals surface area contributed by atoms with Crippen molar-refractivity contribution in [3.63, 3.8) is 0 Å². The van der Waals surface area contributed by atoms with E-state index in [2.05, 4.69) is 5.32 Å². The second kappa shape index (κ2) is 6.85. The van der Waals surface area contributed by atoms with E-state index in [0.717, 1.165) is 0 Å². The summed E-state index contributed by atoms with van der Waals surface area (Å²) in [5.74, 6) is -1.08. The number of rotatable bonds is 5. The highest BCUT2D eigenvalue weighted by atomic mass is 19.1. The summed E-state index contributed by atoms with van der Waals surface area (Å²) in [7, 11) is 4.91. The van der Waals surface area contributed by atoms with Crippen molar-refractivity contribution < 1.29 is 14.0 Å². The topological polar surface area (TPSA) is 78.7 Å². The summed E-state index contributed by atoms with van der Waals surface area (Å²) in [6, 6.07) is 3.94. The van der Waals surface area contributed by atoms with E-state index in [1.54, 1.807) is 26.0 Å². The molecule has 2 amide bonds.